The van der Waals surface area contributed by atoms with Gasteiger partial charge in [-0.15, -0.1) is 0 Å². The Morgan fingerprint density at radius 3 is 2.21 bits per heavy atom. The zero-order valence-electron chi connectivity index (χ0n) is 15.1. The maximum atomic E-state index is 12.4. The number of amides is 2. The van der Waals surface area contributed by atoms with Gasteiger partial charge in [-0.2, -0.15) is 0 Å². The van der Waals surface area contributed by atoms with Gasteiger partial charge < -0.3 is 11.1 Å². The van der Waals surface area contributed by atoms with Crippen LogP contribution >= 0.6 is 0 Å². The second kappa shape index (κ2) is 9.22. The lowest BCUT2D eigenvalue weighted by Crippen LogP contribution is -2.45. The van der Waals surface area contributed by atoms with Gasteiger partial charge in [0.1, 0.15) is 6.04 Å². The molecule has 1 atom stereocenters. The molecule has 3 N–H and O–H groups in total. The van der Waals surface area contributed by atoms with E-state index in [-0.39, 0.29) is 17.9 Å². The normalized spacial score (nSPS) is 11.8. The first kappa shape index (κ1) is 20.5. The Labute approximate surface area is 161 Å². The Kier molecular flexibility index (Phi) is 6.75. The van der Waals surface area contributed by atoms with Crippen LogP contribution < -0.4 is 11.1 Å². The van der Waals surface area contributed by atoms with Gasteiger partial charge in [-0.3, -0.25) is 24.5 Å². The molecule has 8 heteroatoms. The lowest BCUT2D eigenvalue weighted by atomic mass is 10.0. The summed E-state index contributed by atoms with van der Waals surface area (Å²) in [5, 5.41) is 13.3. The van der Waals surface area contributed by atoms with E-state index in [1.165, 1.54) is 37.3 Å². The molecule has 0 saturated carbocycles. The van der Waals surface area contributed by atoms with Gasteiger partial charge in [0, 0.05) is 24.1 Å². The van der Waals surface area contributed by atoms with Crippen LogP contribution in [0.2, 0.25) is 0 Å². The molecule has 0 fully saturated rings. The monoisotopic (exact) mass is 381 g/mol. The summed E-state index contributed by atoms with van der Waals surface area (Å²) in [5.74, 6) is -1.28. The predicted molar refractivity (Wildman–Crippen MR) is 103 cm³/mol. The molecule has 0 bridgehead atoms. The molecule has 1 unspecified atom stereocenters. The largest absolute Gasteiger partial charge is 0.368 e. The van der Waals surface area contributed by atoms with Gasteiger partial charge in [-0.1, -0.05) is 30.3 Å². The molecule has 144 valence electrons. The van der Waals surface area contributed by atoms with Crippen LogP contribution in [0.1, 0.15) is 28.4 Å². The van der Waals surface area contributed by atoms with E-state index in [9.17, 15) is 24.5 Å². The SMILES string of the molecule is CC(=O)/C=C/c1ccc(C(=O)NC(Cc2ccc([N+](=O)[O-])cc2)C(N)=O)cc1. The average Bonchev–Trinajstić information content (AvgIpc) is 2.66. The van der Waals surface area contributed by atoms with E-state index in [0.29, 0.717) is 11.1 Å². The van der Waals surface area contributed by atoms with Crippen molar-refractivity contribution in [3.63, 3.8) is 0 Å². The number of non-ortho nitro benzene ring substituents is 1. The summed E-state index contributed by atoms with van der Waals surface area (Å²) in [6, 6.07) is 11.2. The number of ketones is 1. The standard InChI is InChI=1S/C20H19N3O5/c1-13(24)2-3-14-4-8-16(9-5-14)20(26)22-18(19(21)25)12-15-6-10-17(11-7-15)23(27)28/h2-11,18H,12H2,1H3,(H2,21,25)(H,22,26)/b3-2+. The number of benzene rings is 2. The third-order valence-corrected chi connectivity index (χ3v) is 3.92. The van der Waals surface area contributed by atoms with E-state index in [4.69, 9.17) is 5.73 Å². The van der Waals surface area contributed by atoms with Crippen LogP contribution in [0.25, 0.3) is 6.08 Å². The number of hydrogen-bond donors (Lipinski definition) is 2. The topological polar surface area (TPSA) is 132 Å². The molecular weight excluding hydrogens is 362 g/mol. The molecule has 0 aliphatic carbocycles. The summed E-state index contributed by atoms with van der Waals surface area (Å²) < 4.78 is 0. The number of carbonyl (C=O) groups is 3. The van der Waals surface area contributed by atoms with E-state index in [1.807, 2.05) is 0 Å². The number of carbonyl (C=O) groups excluding carboxylic acids is 3. The molecule has 2 aromatic carbocycles. The summed E-state index contributed by atoms with van der Waals surface area (Å²) in [6.45, 7) is 1.44. The molecule has 0 heterocycles. The maximum absolute atomic E-state index is 12.4. The highest BCUT2D eigenvalue weighted by Crippen LogP contribution is 2.14. The Hall–Kier alpha value is -3.81. The average molecular weight is 381 g/mol. The van der Waals surface area contributed by atoms with Crippen molar-refractivity contribution in [2.75, 3.05) is 0 Å². The molecule has 28 heavy (non-hydrogen) atoms. The predicted octanol–water partition coefficient (Wildman–Crippen LogP) is 2.02. The number of nitrogens with one attached hydrogen (secondary N) is 1. The molecule has 0 aromatic heterocycles. The van der Waals surface area contributed by atoms with Crippen molar-refractivity contribution in [3.8, 4) is 0 Å². The van der Waals surface area contributed by atoms with E-state index in [0.717, 1.165) is 5.56 Å². The zero-order valence-corrected chi connectivity index (χ0v) is 15.1. The highest BCUT2D eigenvalue weighted by atomic mass is 16.6. The molecule has 0 radical (unpaired) electrons. The van der Waals surface area contributed by atoms with Crippen LogP contribution in [0, 0.1) is 10.1 Å². The minimum Gasteiger partial charge on any atom is -0.368 e. The van der Waals surface area contributed by atoms with Crippen LogP contribution in [-0.4, -0.2) is 28.6 Å². The van der Waals surface area contributed by atoms with E-state index in [2.05, 4.69) is 5.32 Å². The number of hydrogen-bond acceptors (Lipinski definition) is 5. The highest BCUT2D eigenvalue weighted by molar-refractivity contribution is 5.97. The summed E-state index contributed by atoms with van der Waals surface area (Å²) in [4.78, 5) is 45.2. The molecule has 2 amide bonds. The number of nitrogens with two attached hydrogens (primary N) is 1. The first-order valence-electron chi connectivity index (χ1n) is 8.38. The van der Waals surface area contributed by atoms with Gasteiger partial charge in [-0.05, 0) is 36.3 Å². The van der Waals surface area contributed by atoms with Gasteiger partial charge >= 0.3 is 0 Å². The molecule has 0 spiro atoms. The Morgan fingerprint density at radius 1 is 1.11 bits per heavy atom. The first-order chi connectivity index (χ1) is 13.3. The fraction of sp³-hybridized carbons (Fsp3) is 0.150. The van der Waals surface area contributed by atoms with Crippen molar-refractivity contribution in [1.82, 2.24) is 5.32 Å². The van der Waals surface area contributed by atoms with Crippen molar-refractivity contribution in [2.24, 2.45) is 5.73 Å². The number of nitro groups is 1. The summed E-state index contributed by atoms with van der Waals surface area (Å²) >= 11 is 0. The number of nitro benzene ring substituents is 1. The third-order valence-electron chi connectivity index (χ3n) is 3.92. The zero-order chi connectivity index (χ0) is 20.7. The first-order valence-corrected chi connectivity index (χ1v) is 8.38. The Morgan fingerprint density at radius 2 is 1.71 bits per heavy atom. The molecule has 0 aliphatic rings. The van der Waals surface area contributed by atoms with Gasteiger partial charge in [-0.25, -0.2) is 0 Å². The van der Waals surface area contributed by atoms with E-state index < -0.39 is 22.8 Å². The number of allylic oxidation sites excluding steroid dienone is 1. The van der Waals surface area contributed by atoms with Crippen LogP contribution in [0.15, 0.2) is 54.6 Å². The molecule has 0 saturated heterocycles. The lowest BCUT2D eigenvalue weighted by Gasteiger charge is -2.15. The Balaban J connectivity index is 2.06. The Bertz CT molecular complexity index is 918. The minimum absolute atomic E-state index is 0.0673. The van der Waals surface area contributed by atoms with Crippen molar-refractivity contribution >= 4 is 29.4 Å². The van der Waals surface area contributed by atoms with Crippen molar-refractivity contribution < 1.29 is 19.3 Å². The fourth-order valence-electron chi connectivity index (χ4n) is 2.41. The van der Waals surface area contributed by atoms with Crippen LogP contribution in [0.3, 0.4) is 0 Å². The van der Waals surface area contributed by atoms with E-state index in [1.54, 1.807) is 30.3 Å². The molecule has 0 aliphatic heterocycles. The number of nitrogens with zero attached hydrogens (tertiary/aromatic N) is 1. The quantitative estimate of drug-likeness (QED) is 0.410. The third kappa shape index (κ3) is 5.87. The molecular formula is C20H19N3O5. The van der Waals surface area contributed by atoms with E-state index >= 15 is 0 Å². The molecule has 2 rings (SSSR count). The van der Waals surface area contributed by atoms with Crippen molar-refractivity contribution in [2.45, 2.75) is 19.4 Å². The van der Waals surface area contributed by atoms with Crippen molar-refractivity contribution in [3.05, 3.63) is 81.4 Å². The summed E-state index contributed by atoms with van der Waals surface area (Å²) in [5.41, 5.74) is 7.02. The minimum atomic E-state index is -0.966. The van der Waals surface area contributed by atoms with Crippen LogP contribution in [0.5, 0.6) is 0 Å². The lowest BCUT2D eigenvalue weighted by molar-refractivity contribution is -0.384. The molecule has 2 aromatic rings. The van der Waals surface area contributed by atoms with Gasteiger partial charge in [0.2, 0.25) is 5.91 Å². The second-order valence-electron chi connectivity index (χ2n) is 6.12. The maximum Gasteiger partial charge on any atom is 0.269 e. The van der Waals surface area contributed by atoms with Gasteiger partial charge in [0.15, 0.2) is 5.78 Å². The van der Waals surface area contributed by atoms with Crippen LogP contribution in [-0.2, 0) is 16.0 Å². The summed E-state index contributed by atoms with van der Waals surface area (Å²) in [7, 11) is 0. The van der Waals surface area contributed by atoms with Crippen molar-refractivity contribution in [1.29, 1.82) is 0 Å². The molecule has 8 nitrogen and oxygen atoms in total. The summed E-state index contributed by atoms with van der Waals surface area (Å²) in [6.07, 6.45) is 3.16. The fourth-order valence-corrected chi connectivity index (χ4v) is 2.41. The highest BCUT2D eigenvalue weighted by Gasteiger charge is 2.20. The van der Waals surface area contributed by atoms with Gasteiger partial charge in [0.05, 0.1) is 4.92 Å². The number of primary amides is 1. The van der Waals surface area contributed by atoms with Gasteiger partial charge in [0.25, 0.3) is 11.6 Å². The smallest absolute Gasteiger partial charge is 0.269 e. The second-order valence-corrected chi connectivity index (χ2v) is 6.12. The van der Waals surface area contributed by atoms with Crippen LogP contribution in [0.4, 0.5) is 5.69 Å². The number of rotatable bonds is 8.